The molecule has 0 spiro atoms. The van der Waals surface area contributed by atoms with Crippen LogP contribution in [0, 0.1) is 5.92 Å². The summed E-state index contributed by atoms with van der Waals surface area (Å²) in [6.07, 6.45) is 3.21. The van der Waals surface area contributed by atoms with Crippen molar-refractivity contribution in [3.8, 4) is 11.1 Å². The molecule has 2 aromatic rings. The van der Waals surface area contributed by atoms with Gasteiger partial charge in [0.15, 0.2) is 0 Å². The van der Waals surface area contributed by atoms with Gasteiger partial charge in [-0.2, -0.15) is 0 Å². The maximum atomic E-state index is 12.8. The molecule has 25 heavy (non-hydrogen) atoms. The van der Waals surface area contributed by atoms with E-state index in [-0.39, 0.29) is 5.91 Å². The lowest BCUT2D eigenvalue weighted by Crippen LogP contribution is -2.38. The first-order valence-electron chi connectivity index (χ1n) is 8.81. The zero-order valence-corrected chi connectivity index (χ0v) is 15.3. The number of piperidine rings is 1. The zero-order chi connectivity index (χ0) is 17.6. The third-order valence-corrected chi connectivity index (χ3v) is 5.17. The molecular weight excluding hydrogens is 334 g/mol. The molecular formula is C21H24ClNO2. The molecule has 1 heterocycles. The van der Waals surface area contributed by atoms with E-state index in [1.807, 2.05) is 53.4 Å². The Balaban J connectivity index is 1.67. The third-order valence-electron chi connectivity index (χ3n) is 4.92. The second-order valence-corrected chi connectivity index (χ2v) is 7.04. The third kappa shape index (κ3) is 4.62. The molecule has 0 atom stereocenters. The number of methoxy groups -OCH3 is 1. The summed E-state index contributed by atoms with van der Waals surface area (Å²) in [4.78, 5) is 14.8. The van der Waals surface area contributed by atoms with E-state index in [1.165, 1.54) is 0 Å². The molecule has 132 valence electrons. The van der Waals surface area contributed by atoms with Gasteiger partial charge in [0, 0.05) is 37.4 Å². The molecule has 0 aromatic heterocycles. The average molecular weight is 358 g/mol. The normalized spacial score (nSPS) is 15.4. The highest BCUT2D eigenvalue weighted by Gasteiger charge is 2.23. The van der Waals surface area contributed by atoms with Crippen molar-refractivity contribution < 1.29 is 9.53 Å². The van der Waals surface area contributed by atoms with E-state index >= 15 is 0 Å². The smallest absolute Gasteiger partial charge is 0.253 e. The van der Waals surface area contributed by atoms with Crippen LogP contribution >= 0.6 is 11.6 Å². The molecule has 3 rings (SSSR count). The van der Waals surface area contributed by atoms with Gasteiger partial charge < -0.3 is 9.64 Å². The second kappa shape index (κ2) is 8.50. The van der Waals surface area contributed by atoms with Gasteiger partial charge in [0.05, 0.1) is 0 Å². The minimum absolute atomic E-state index is 0.126. The van der Waals surface area contributed by atoms with Crippen LogP contribution in [0.2, 0.25) is 5.02 Å². The number of benzene rings is 2. The Morgan fingerprint density at radius 1 is 1.12 bits per heavy atom. The standard InChI is InChI=1S/C21H24ClNO2/c1-25-14-11-16-9-12-23(13-10-16)21(24)19-4-2-3-18(15-19)17-5-7-20(22)8-6-17/h2-8,15-16H,9-14H2,1H3. The highest BCUT2D eigenvalue weighted by Crippen LogP contribution is 2.25. The van der Waals surface area contributed by atoms with Gasteiger partial charge in [0.25, 0.3) is 5.91 Å². The van der Waals surface area contributed by atoms with Crippen LogP contribution in [0.4, 0.5) is 0 Å². The summed E-state index contributed by atoms with van der Waals surface area (Å²) in [5.41, 5.74) is 2.86. The van der Waals surface area contributed by atoms with Crippen molar-refractivity contribution in [2.75, 3.05) is 26.8 Å². The Bertz CT molecular complexity index is 706. The molecule has 3 nitrogen and oxygen atoms in total. The lowest BCUT2D eigenvalue weighted by atomic mass is 9.93. The summed E-state index contributed by atoms with van der Waals surface area (Å²) in [6.45, 7) is 2.47. The Labute approximate surface area is 154 Å². The van der Waals surface area contributed by atoms with E-state index in [1.54, 1.807) is 7.11 Å². The zero-order valence-electron chi connectivity index (χ0n) is 14.6. The van der Waals surface area contributed by atoms with Crippen LogP contribution in [0.3, 0.4) is 0 Å². The van der Waals surface area contributed by atoms with Crippen molar-refractivity contribution in [2.24, 2.45) is 5.92 Å². The van der Waals surface area contributed by atoms with Gasteiger partial charge in [0.2, 0.25) is 0 Å². The highest BCUT2D eigenvalue weighted by atomic mass is 35.5. The number of halogens is 1. The summed E-state index contributed by atoms with van der Waals surface area (Å²) in [6, 6.07) is 15.5. The molecule has 1 aliphatic heterocycles. The summed E-state index contributed by atoms with van der Waals surface area (Å²) >= 11 is 5.96. The first-order valence-corrected chi connectivity index (χ1v) is 9.19. The largest absolute Gasteiger partial charge is 0.385 e. The number of amides is 1. The van der Waals surface area contributed by atoms with Crippen LogP contribution in [0.25, 0.3) is 11.1 Å². The minimum Gasteiger partial charge on any atom is -0.385 e. The maximum Gasteiger partial charge on any atom is 0.253 e. The van der Waals surface area contributed by atoms with Crippen LogP contribution in [0.15, 0.2) is 48.5 Å². The van der Waals surface area contributed by atoms with E-state index in [9.17, 15) is 4.79 Å². The minimum atomic E-state index is 0.126. The molecule has 0 saturated carbocycles. The molecule has 0 aliphatic carbocycles. The average Bonchev–Trinajstić information content (AvgIpc) is 2.67. The molecule has 1 saturated heterocycles. The number of carbonyl (C=O) groups excluding carboxylic acids is 1. The molecule has 0 bridgehead atoms. The van der Waals surface area contributed by atoms with Crippen LogP contribution in [-0.4, -0.2) is 37.6 Å². The van der Waals surface area contributed by atoms with Crippen LogP contribution in [-0.2, 0) is 4.74 Å². The van der Waals surface area contributed by atoms with Crippen molar-refractivity contribution in [1.29, 1.82) is 0 Å². The first-order chi connectivity index (χ1) is 12.2. The molecule has 1 aliphatic rings. The fourth-order valence-corrected chi connectivity index (χ4v) is 3.49. The van der Waals surface area contributed by atoms with Crippen molar-refractivity contribution in [2.45, 2.75) is 19.3 Å². The van der Waals surface area contributed by atoms with Gasteiger partial charge in [0.1, 0.15) is 0 Å². The van der Waals surface area contributed by atoms with Crippen molar-refractivity contribution in [3.05, 3.63) is 59.1 Å². The number of carbonyl (C=O) groups is 1. The summed E-state index contributed by atoms with van der Waals surface area (Å²) in [7, 11) is 1.74. The second-order valence-electron chi connectivity index (χ2n) is 6.60. The van der Waals surface area contributed by atoms with Crippen LogP contribution in [0.5, 0.6) is 0 Å². The Morgan fingerprint density at radius 2 is 1.84 bits per heavy atom. The van der Waals surface area contributed by atoms with Gasteiger partial charge in [-0.1, -0.05) is 35.9 Å². The van der Waals surface area contributed by atoms with E-state index in [0.717, 1.165) is 55.6 Å². The highest BCUT2D eigenvalue weighted by molar-refractivity contribution is 6.30. The monoisotopic (exact) mass is 357 g/mol. The molecule has 4 heteroatoms. The number of nitrogens with zero attached hydrogens (tertiary/aromatic N) is 1. The van der Waals surface area contributed by atoms with Gasteiger partial charge >= 0.3 is 0 Å². The number of hydrogen-bond acceptors (Lipinski definition) is 2. The molecule has 0 N–H and O–H groups in total. The molecule has 0 unspecified atom stereocenters. The van der Waals surface area contributed by atoms with E-state index < -0.39 is 0 Å². The Morgan fingerprint density at radius 3 is 2.52 bits per heavy atom. The van der Waals surface area contributed by atoms with Gasteiger partial charge in [-0.3, -0.25) is 4.79 Å². The van der Waals surface area contributed by atoms with Crippen LogP contribution < -0.4 is 0 Å². The molecule has 1 amide bonds. The quantitative estimate of drug-likeness (QED) is 0.762. The van der Waals surface area contributed by atoms with E-state index in [2.05, 4.69) is 0 Å². The predicted molar refractivity (Wildman–Crippen MR) is 102 cm³/mol. The van der Waals surface area contributed by atoms with Crippen molar-refractivity contribution in [1.82, 2.24) is 4.90 Å². The summed E-state index contributed by atoms with van der Waals surface area (Å²) < 4.78 is 5.16. The van der Waals surface area contributed by atoms with E-state index in [0.29, 0.717) is 10.9 Å². The predicted octanol–water partition coefficient (Wildman–Crippen LogP) is 4.90. The van der Waals surface area contributed by atoms with Crippen LogP contribution in [0.1, 0.15) is 29.6 Å². The van der Waals surface area contributed by atoms with Gasteiger partial charge in [-0.05, 0) is 60.6 Å². The Hall–Kier alpha value is -1.84. The van der Waals surface area contributed by atoms with Crippen molar-refractivity contribution >= 4 is 17.5 Å². The SMILES string of the molecule is COCCC1CCN(C(=O)c2cccc(-c3ccc(Cl)cc3)c2)CC1. The number of ether oxygens (including phenoxy) is 1. The fraction of sp³-hybridized carbons (Fsp3) is 0.381. The van der Waals surface area contributed by atoms with E-state index in [4.69, 9.17) is 16.3 Å². The number of hydrogen-bond donors (Lipinski definition) is 0. The number of rotatable bonds is 5. The Kier molecular flexibility index (Phi) is 6.11. The summed E-state index contributed by atoms with van der Waals surface area (Å²) in [5.74, 6) is 0.797. The maximum absolute atomic E-state index is 12.8. The van der Waals surface area contributed by atoms with Crippen molar-refractivity contribution in [3.63, 3.8) is 0 Å². The topological polar surface area (TPSA) is 29.5 Å². The van der Waals surface area contributed by atoms with Gasteiger partial charge in [-0.15, -0.1) is 0 Å². The van der Waals surface area contributed by atoms with Gasteiger partial charge in [-0.25, -0.2) is 0 Å². The fourth-order valence-electron chi connectivity index (χ4n) is 3.37. The first kappa shape index (κ1) is 18.0. The molecule has 1 fully saturated rings. The lowest BCUT2D eigenvalue weighted by Gasteiger charge is -2.32. The molecule has 2 aromatic carbocycles. The summed E-state index contributed by atoms with van der Waals surface area (Å²) in [5, 5.41) is 0.715. The molecule has 0 radical (unpaired) electrons. The number of likely N-dealkylation sites (tertiary alicyclic amines) is 1. The lowest BCUT2D eigenvalue weighted by molar-refractivity contribution is 0.0670.